The summed E-state index contributed by atoms with van der Waals surface area (Å²) in [7, 11) is 0. The number of hydrogen-bond acceptors (Lipinski definition) is 5. The van der Waals surface area contributed by atoms with Gasteiger partial charge in [-0.3, -0.25) is 9.59 Å². The van der Waals surface area contributed by atoms with Gasteiger partial charge in [-0.15, -0.1) is 11.8 Å². The second-order valence-electron chi connectivity index (χ2n) is 7.64. The van der Waals surface area contributed by atoms with Gasteiger partial charge in [-0.1, -0.05) is 43.7 Å². The van der Waals surface area contributed by atoms with Crippen molar-refractivity contribution in [2.75, 3.05) is 23.0 Å². The Hall–Kier alpha value is -3.58. The molecule has 2 N–H and O–H groups in total. The summed E-state index contributed by atoms with van der Waals surface area (Å²) in [5, 5.41) is 5.70. The quantitative estimate of drug-likeness (QED) is 0.215. The largest absolute Gasteiger partial charge is 0.462 e. The second-order valence-corrected chi connectivity index (χ2v) is 8.69. The average Bonchev–Trinajstić information content (AvgIpc) is 2.85. The third-order valence-corrected chi connectivity index (χ3v) is 5.86. The minimum Gasteiger partial charge on any atom is -0.462 e. The molecule has 0 radical (unpaired) electrons. The maximum atomic E-state index is 12.3. The van der Waals surface area contributed by atoms with E-state index >= 15 is 0 Å². The molecule has 0 saturated carbocycles. The zero-order valence-corrected chi connectivity index (χ0v) is 19.9. The van der Waals surface area contributed by atoms with Crippen molar-refractivity contribution in [2.24, 2.45) is 0 Å². The number of amides is 2. The Bertz CT molecular complexity index is 1080. The Labute approximate surface area is 204 Å². The van der Waals surface area contributed by atoms with E-state index in [1.807, 2.05) is 61.5 Å². The number of carbonyl (C=O) groups is 3. The molecule has 34 heavy (non-hydrogen) atoms. The number of nitrogens with one attached hydrogen (secondary N) is 2. The molecule has 3 aromatic rings. The first-order valence-electron chi connectivity index (χ1n) is 11.2. The summed E-state index contributed by atoms with van der Waals surface area (Å²) < 4.78 is 5.18. The zero-order valence-electron chi connectivity index (χ0n) is 19.1. The van der Waals surface area contributed by atoms with Crippen LogP contribution in [0.25, 0.3) is 0 Å². The summed E-state index contributed by atoms with van der Waals surface area (Å²) in [6, 6.07) is 23.6. The molecule has 7 heteroatoms. The molecule has 0 atom stereocenters. The number of thioether (sulfide) groups is 1. The molecule has 0 aliphatic heterocycles. The second kappa shape index (κ2) is 13.2. The first-order chi connectivity index (χ1) is 16.5. The van der Waals surface area contributed by atoms with Crippen LogP contribution < -0.4 is 10.6 Å². The van der Waals surface area contributed by atoms with Crippen LogP contribution in [0.5, 0.6) is 0 Å². The summed E-state index contributed by atoms with van der Waals surface area (Å²) in [5.74, 6) is -0.350. The lowest BCUT2D eigenvalue weighted by molar-refractivity contribution is -0.115. The highest BCUT2D eigenvalue weighted by Gasteiger charge is 2.09. The van der Waals surface area contributed by atoms with Gasteiger partial charge in [0.15, 0.2) is 0 Å². The smallest absolute Gasteiger partial charge is 0.338 e. The molecule has 3 rings (SSSR count). The van der Waals surface area contributed by atoms with Gasteiger partial charge in [-0.2, -0.15) is 0 Å². The molecule has 2 amide bonds. The van der Waals surface area contributed by atoms with Gasteiger partial charge in [0.1, 0.15) is 0 Å². The van der Waals surface area contributed by atoms with Gasteiger partial charge in [0, 0.05) is 16.3 Å². The number of esters is 1. The van der Waals surface area contributed by atoms with E-state index in [4.69, 9.17) is 4.74 Å². The molecular formula is C27H28N2O4S. The molecule has 0 fully saturated rings. The van der Waals surface area contributed by atoms with Gasteiger partial charge in [0.2, 0.25) is 11.8 Å². The minimum atomic E-state index is -0.360. The van der Waals surface area contributed by atoms with Gasteiger partial charge < -0.3 is 15.4 Å². The molecule has 0 saturated heterocycles. The number of benzene rings is 3. The van der Waals surface area contributed by atoms with Crippen LogP contribution in [0.3, 0.4) is 0 Å². The molecule has 0 bridgehead atoms. The van der Waals surface area contributed by atoms with Crippen molar-refractivity contribution >= 4 is 40.9 Å². The highest BCUT2D eigenvalue weighted by Crippen LogP contribution is 2.21. The molecule has 0 spiro atoms. The Morgan fingerprint density at radius 3 is 2.06 bits per heavy atom. The molecule has 0 aromatic heterocycles. The zero-order chi connectivity index (χ0) is 24.2. The molecule has 0 aliphatic carbocycles. The van der Waals surface area contributed by atoms with Crippen LogP contribution in [0.2, 0.25) is 0 Å². The highest BCUT2D eigenvalue weighted by molar-refractivity contribution is 8.00. The van der Waals surface area contributed by atoms with Crippen molar-refractivity contribution in [2.45, 2.75) is 31.1 Å². The van der Waals surface area contributed by atoms with Crippen LogP contribution in [0.15, 0.2) is 83.8 Å². The SMILES string of the molecule is CCCCOC(=O)c1ccc(NC(=O)CSc2ccc(NC(=O)Cc3ccccc3)cc2)cc1. The van der Waals surface area contributed by atoms with Crippen molar-refractivity contribution in [1.29, 1.82) is 0 Å². The van der Waals surface area contributed by atoms with Crippen molar-refractivity contribution < 1.29 is 19.1 Å². The van der Waals surface area contributed by atoms with E-state index in [-0.39, 0.29) is 23.5 Å². The molecule has 0 aliphatic rings. The van der Waals surface area contributed by atoms with Crippen molar-refractivity contribution in [3.8, 4) is 0 Å². The average molecular weight is 477 g/mol. The number of ether oxygens (including phenoxy) is 1. The molecular weight excluding hydrogens is 448 g/mol. The summed E-state index contributed by atoms with van der Waals surface area (Å²) in [6.07, 6.45) is 2.12. The molecule has 0 unspecified atom stereocenters. The molecule has 176 valence electrons. The Morgan fingerprint density at radius 1 is 0.794 bits per heavy atom. The van der Waals surface area contributed by atoms with Crippen molar-refractivity contribution in [3.05, 3.63) is 90.0 Å². The number of unbranched alkanes of at least 4 members (excludes halogenated alkanes) is 1. The van der Waals surface area contributed by atoms with Gasteiger partial charge in [0.25, 0.3) is 0 Å². The summed E-state index contributed by atoms with van der Waals surface area (Å²) in [5.41, 5.74) is 2.74. The van der Waals surface area contributed by atoms with E-state index in [0.29, 0.717) is 30.0 Å². The third kappa shape index (κ3) is 8.41. The lowest BCUT2D eigenvalue weighted by Crippen LogP contribution is -2.14. The molecule has 3 aromatic carbocycles. The van der Waals surface area contributed by atoms with E-state index < -0.39 is 0 Å². The highest BCUT2D eigenvalue weighted by atomic mass is 32.2. The third-order valence-electron chi connectivity index (χ3n) is 4.85. The minimum absolute atomic E-state index is 0.0776. The predicted molar refractivity (Wildman–Crippen MR) is 136 cm³/mol. The normalized spacial score (nSPS) is 10.4. The Morgan fingerprint density at radius 2 is 1.41 bits per heavy atom. The Kier molecular flexibility index (Phi) is 9.73. The first kappa shape index (κ1) is 25.1. The fourth-order valence-corrected chi connectivity index (χ4v) is 3.75. The fraction of sp³-hybridized carbons (Fsp3) is 0.222. The monoisotopic (exact) mass is 476 g/mol. The van der Waals surface area contributed by atoms with Crippen LogP contribution in [-0.2, 0) is 20.7 Å². The van der Waals surface area contributed by atoms with Crippen LogP contribution in [-0.4, -0.2) is 30.1 Å². The lowest BCUT2D eigenvalue weighted by atomic mass is 10.1. The van der Waals surface area contributed by atoms with Crippen LogP contribution in [0.4, 0.5) is 11.4 Å². The standard InChI is InChI=1S/C27H28N2O4S/c1-2-3-17-33-27(32)21-9-11-22(12-10-21)29-26(31)19-34-24-15-13-23(14-16-24)28-25(30)18-20-7-5-4-6-8-20/h4-16H,2-3,17-19H2,1H3,(H,28,30)(H,29,31). The topological polar surface area (TPSA) is 84.5 Å². The number of hydrogen-bond donors (Lipinski definition) is 2. The van der Waals surface area contributed by atoms with Crippen LogP contribution >= 0.6 is 11.8 Å². The number of anilines is 2. The van der Waals surface area contributed by atoms with E-state index in [1.165, 1.54) is 11.8 Å². The van der Waals surface area contributed by atoms with E-state index in [0.717, 1.165) is 23.3 Å². The molecule has 6 nitrogen and oxygen atoms in total. The Balaban J connectivity index is 1.41. The van der Waals surface area contributed by atoms with Crippen molar-refractivity contribution in [1.82, 2.24) is 0 Å². The molecule has 0 heterocycles. The van der Waals surface area contributed by atoms with Gasteiger partial charge in [-0.25, -0.2) is 4.79 Å². The lowest BCUT2D eigenvalue weighted by Gasteiger charge is -2.08. The maximum Gasteiger partial charge on any atom is 0.338 e. The van der Waals surface area contributed by atoms with Gasteiger partial charge >= 0.3 is 5.97 Å². The predicted octanol–water partition coefficient (Wildman–Crippen LogP) is 5.56. The van der Waals surface area contributed by atoms with Crippen LogP contribution in [0, 0.1) is 0 Å². The van der Waals surface area contributed by atoms with E-state index in [9.17, 15) is 14.4 Å². The van der Waals surface area contributed by atoms with Gasteiger partial charge in [0.05, 0.1) is 24.3 Å². The maximum absolute atomic E-state index is 12.3. The summed E-state index contributed by atoms with van der Waals surface area (Å²) in [6.45, 7) is 2.44. The van der Waals surface area contributed by atoms with E-state index in [2.05, 4.69) is 10.6 Å². The number of carbonyl (C=O) groups excluding carboxylic acids is 3. The van der Waals surface area contributed by atoms with Crippen LogP contribution in [0.1, 0.15) is 35.7 Å². The fourth-order valence-electron chi connectivity index (χ4n) is 3.05. The van der Waals surface area contributed by atoms with E-state index in [1.54, 1.807) is 24.3 Å². The number of rotatable bonds is 11. The van der Waals surface area contributed by atoms with Crippen molar-refractivity contribution in [3.63, 3.8) is 0 Å². The van der Waals surface area contributed by atoms with Gasteiger partial charge in [-0.05, 0) is 60.5 Å². The summed E-state index contributed by atoms with van der Waals surface area (Å²) >= 11 is 1.40. The first-order valence-corrected chi connectivity index (χ1v) is 12.2. The summed E-state index contributed by atoms with van der Waals surface area (Å²) in [4.78, 5) is 37.3.